The van der Waals surface area contributed by atoms with Gasteiger partial charge in [-0.15, -0.1) is 0 Å². The number of halogens is 1. The van der Waals surface area contributed by atoms with E-state index < -0.39 is 0 Å². The van der Waals surface area contributed by atoms with Gasteiger partial charge in [-0.2, -0.15) is 0 Å². The van der Waals surface area contributed by atoms with Crippen LogP contribution in [0, 0.1) is 11.7 Å². The molecule has 0 saturated heterocycles. The van der Waals surface area contributed by atoms with Crippen LogP contribution in [0.4, 0.5) is 4.39 Å². The maximum Gasteiger partial charge on any atom is 0.123 e. The van der Waals surface area contributed by atoms with E-state index in [0.717, 1.165) is 25.6 Å². The van der Waals surface area contributed by atoms with E-state index in [0.29, 0.717) is 6.04 Å². The third-order valence-electron chi connectivity index (χ3n) is 4.04. The Hall–Kier alpha value is -0.930. The average molecular weight is 264 g/mol. The van der Waals surface area contributed by atoms with Crippen molar-refractivity contribution in [2.75, 3.05) is 20.1 Å². The zero-order valence-electron chi connectivity index (χ0n) is 12.0. The summed E-state index contributed by atoms with van der Waals surface area (Å²) in [5.74, 6) is 0.597. The van der Waals surface area contributed by atoms with Gasteiger partial charge in [0, 0.05) is 19.1 Å². The Kier molecular flexibility index (Phi) is 5.34. The first-order chi connectivity index (χ1) is 9.19. The predicted octanol–water partition coefficient (Wildman–Crippen LogP) is 3.04. The van der Waals surface area contributed by atoms with Gasteiger partial charge >= 0.3 is 0 Å². The summed E-state index contributed by atoms with van der Waals surface area (Å²) in [4.78, 5) is 2.35. The zero-order valence-corrected chi connectivity index (χ0v) is 12.0. The monoisotopic (exact) mass is 264 g/mol. The molecule has 2 nitrogen and oxygen atoms in total. The third kappa shape index (κ3) is 4.29. The summed E-state index contributed by atoms with van der Waals surface area (Å²) in [5, 5.41) is 3.59. The molecule has 1 saturated carbocycles. The molecule has 0 aliphatic heterocycles. The molecule has 2 atom stereocenters. The second-order valence-electron chi connectivity index (χ2n) is 5.68. The van der Waals surface area contributed by atoms with Crippen LogP contribution in [-0.2, 0) is 6.54 Å². The van der Waals surface area contributed by atoms with Gasteiger partial charge in [-0.1, -0.05) is 25.5 Å². The predicted molar refractivity (Wildman–Crippen MR) is 77.5 cm³/mol. The highest BCUT2D eigenvalue weighted by Crippen LogP contribution is 2.26. The second kappa shape index (κ2) is 7.01. The van der Waals surface area contributed by atoms with E-state index >= 15 is 0 Å². The number of rotatable bonds is 6. The molecule has 1 N–H and O–H groups in total. The molecule has 1 aliphatic carbocycles. The van der Waals surface area contributed by atoms with E-state index in [2.05, 4.69) is 24.2 Å². The maximum atomic E-state index is 12.9. The van der Waals surface area contributed by atoms with Gasteiger partial charge in [0.05, 0.1) is 0 Å². The maximum absolute atomic E-state index is 12.9. The van der Waals surface area contributed by atoms with Gasteiger partial charge in [-0.3, -0.25) is 0 Å². The van der Waals surface area contributed by atoms with Crippen molar-refractivity contribution in [1.29, 1.82) is 0 Å². The van der Waals surface area contributed by atoms with Crippen molar-refractivity contribution in [3.8, 4) is 0 Å². The van der Waals surface area contributed by atoms with Crippen LogP contribution in [-0.4, -0.2) is 31.1 Å². The number of hydrogen-bond donors (Lipinski definition) is 1. The van der Waals surface area contributed by atoms with Crippen LogP contribution in [0.15, 0.2) is 24.3 Å². The summed E-state index contributed by atoms with van der Waals surface area (Å²) in [6.07, 6.45) is 3.97. The van der Waals surface area contributed by atoms with Crippen molar-refractivity contribution in [3.63, 3.8) is 0 Å². The summed E-state index contributed by atoms with van der Waals surface area (Å²) >= 11 is 0. The fraction of sp³-hybridized carbons (Fsp3) is 0.625. The molecule has 3 heteroatoms. The standard InChI is InChI=1S/C16H25FN2/c1-3-18-16-6-4-5-14(16)12-19(2)11-13-7-9-15(17)10-8-13/h7-10,14,16,18H,3-6,11-12H2,1-2H3. The van der Waals surface area contributed by atoms with Crippen molar-refractivity contribution in [1.82, 2.24) is 10.2 Å². The van der Waals surface area contributed by atoms with Gasteiger partial charge in [-0.05, 0) is 50.0 Å². The van der Waals surface area contributed by atoms with Gasteiger partial charge in [0.15, 0.2) is 0 Å². The Morgan fingerprint density at radius 1 is 1.26 bits per heavy atom. The molecule has 0 heterocycles. The second-order valence-corrected chi connectivity index (χ2v) is 5.68. The molecule has 0 spiro atoms. The van der Waals surface area contributed by atoms with E-state index in [9.17, 15) is 4.39 Å². The molecule has 1 aromatic rings. The van der Waals surface area contributed by atoms with E-state index in [4.69, 9.17) is 0 Å². The van der Waals surface area contributed by atoms with E-state index in [1.165, 1.54) is 24.8 Å². The lowest BCUT2D eigenvalue weighted by atomic mass is 10.0. The molecule has 0 radical (unpaired) electrons. The van der Waals surface area contributed by atoms with Crippen LogP contribution in [0.3, 0.4) is 0 Å². The fourth-order valence-electron chi connectivity index (χ4n) is 3.15. The number of nitrogens with zero attached hydrogens (tertiary/aromatic N) is 1. The SMILES string of the molecule is CCNC1CCCC1CN(C)Cc1ccc(F)cc1. The van der Waals surface area contributed by atoms with E-state index in [1.807, 2.05) is 12.1 Å². The van der Waals surface area contributed by atoms with Crippen molar-refractivity contribution in [2.24, 2.45) is 5.92 Å². The average Bonchev–Trinajstić information content (AvgIpc) is 2.80. The minimum absolute atomic E-state index is 0.158. The molecule has 0 amide bonds. The van der Waals surface area contributed by atoms with Crippen LogP contribution in [0.2, 0.25) is 0 Å². The Morgan fingerprint density at radius 3 is 2.68 bits per heavy atom. The Labute approximate surface area is 116 Å². The molecule has 1 aliphatic rings. The first-order valence-electron chi connectivity index (χ1n) is 7.35. The molecule has 19 heavy (non-hydrogen) atoms. The summed E-state index contributed by atoms with van der Waals surface area (Å²) in [6, 6.07) is 7.52. The van der Waals surface area contributed by atoms with Crippen LogP contribution in [0.1, 0.15) is 31.7 Å². The smallest absolute Gasteiger partial charge is 0.123 e. The molecule has 0 aromatic heterocycles. The van der Waals surface area contributed by atoms with E-state index in [1.54, 1.807) is 12.1 Å². The summed E-state index contributed by atoms with van der Waals surface area (Å²) in [6.45, 7) is 5.26. The van der Waals surface area contributed by atoms with Gasteiger partial charge in [0.25, 0.3) is 0 Å². The lowest BCUT2D eigenvalue weighted by Gasteiger charge is -2.26. The van der Waals surface area contributed by atoms with Crippen molar-refractivity contribution in [2.45, 2.75) is 38.8 Å². The van der Waals surface area contributed by atoms with Crippen molar-refractivity contribution >= 4 is 0 Å². The van der Waals surface area contributed by atoms with Gasteiger partial charge < -0.3 is 10.2 Å². The molecule has 1 aromatic carbocycles. The lowest BCUT2D eigenvalue weighted by Crippen LogP contribution is -2.38. The van der Waals surface area contributed by atoms with Crippen LogP contribution < -0.4 is 5.32 Å². The van der Waals surface area contributed by atoms with Crippen LogP contribution in [0.5, 0.6) is 0 Å². The quantitative estimate of drug-likeness (QED) is 0.849. The Bertz CT molecular complexity index is 377. The number of benzene rings is 1. The largest absolute Gasteiger partial charge is 0.314 e. The summed E-state index contributed by atoms with van der Waals surface area (Å²) < 4.78 is 12.9. The molecule has 1 fully saturated rings. The minimum Gasteiger partial charge on any atom is -0.314 e. The molecule has 106 valence electrons. The van der Waals surface area contributed by atoms with Crippen LogP contribution in [0.25, 0.3) is 0 Å². The number of hydrogen-bond acceptors (Lipinski definition) is 2. The lowest BCUT2D eigenvalue weighted by molar-refractivity contribution is 0.246. The highest BCUT2D eigenvalue weighted by molar-refractivity contribution is 5.15. The molecular weight excluding hydrogens is 239 g/mol. The molecule has 2 unspecified atom stereocenters. The van der Waals surface area contributed by atoms with E-state index in [-0.39, 0.29) is 5.82 Å². The summed E-state index contributed by atoms with van der Waals surface area (Å²) in [7, 11) is 2.16. The van der Waals surface area contributed by atoms with Gasteiger partial charge in [-0.25, -0.2) is 4.39 Å². The fourth-order valence-corrected chi connectivity index (χ4v) is 3.15. The zero-order chi connectivity index (χ0) is 13.7. The van der Waals surface area contributed by atoms with Crippen LogP contribution >= 0.6 is 0 Å². The minimum atomic E-state index is -0.158. The highest BCUT2D eigenvalue weighted by atomic mass is 19.1. The topological polar surface area (TPSA) is 15.3 Å². The molecule has 2 rings (SSSR count). The summed E-state index contributed by atoms with van der Waals surface area (Å²) in [5.41, 5.74) is 1.18. The highest BCUT2D eigenvalue weighted by Gasteiger charge is 2.27. The first-order valence-corrected chi connectivity index (χ1v) is 7.35. The van der Waals surface area contributed by atoms with Gasteiger partial charge in [0.2, 0.25) is 0 Å². The molecular formula is C16H25FN2. The Morgan fingerprint density at radius 2 is 2.00 bits per heavy atom. The Balaban J connectivity index is 1.83. The third-order valence-corrected chi connectivity index (χ3v) is 4.04. The first kappa shape index (κ1) is 14.5. The molecule has 0 bridgehead atoms. The normalized spacial score (nSPS) is 23.2. The van der Waals surface area contributed by atoms with Crippen molar-refractivity contribution in [3.05, 3.63) is 35.6 Å². The number of nitrogens with one attached hydrogen (secondary N) is 1. The van der Waals surface area contributed by atoms with Crippen molar-refractivity contribution < 1.29 is 4.39 Å². The van der Waals surface area contributed by atoms with Gasteiger partial charge in [0.1, 0.15) is 5.82 Å².